The van der Waals surface area contributed by atoms with Crippen LogP contribution in [0.5, 0.6) is 0 Å². The maximum absolute atomic E-state index is 12.0. The second kappa shape index (κ2) is 4.62. The van der Waals surface area contributed by atoms with E-state index in [4.69, 9.17) is 0 Å². The predicted molar refractivity (Wildman–Crippen MR) is 70.7 cm³/mol. The Morgan fingerprint density at radius 3 is 2.29 bits per heavy atom. The third kappa shape index (κ3) is 2.36. The van der Waals surface area contributed by atoms with Crippen LogP contribution in [0.2, 0.25) is 0 Å². The van der Waals surface area contributed by atoms with Crippen LogP contribution < -0.4 is 0 Å². The van der Waals surface area contributed by atoms with Gasteiger partial charge in [-0.05, 0) is 51.4 Å². The van der Waals surface area contributed by atoms with Gasteiger partial charge in [-0.3, -0.25) is 4.79 Å². The SMILES string of the molecule is CCC(C)[C@H]1CC[C@H](N2CC(C)(C)C2=O)CC1. The van der Waals surface area contributed by atoms with Gasteiger partial charge in [-0.15, -0.1) is 0 Å². The van der Waals surface area contributed by atoms with Crippen LogP contribution >= 0.6 is 0 Å². The summed E-state index contributed by atoms with van der Waals surface area (Å²) < 4.78 is 0. The number of β-lactam (4-membered cyclic amide) rings is 1. The number of nitrogens with zero attached hydrogens (tertiary/aromatic N) is 1. The quantitative estimate of drug-likeness (QED) is 0.688. The van der Waals surface area contributed by atoms with E-state index in [1.165, 1.54) is 32.1 Å². The van der Waals surface area contributed by atoms with Gasteiger partial charge in [0, 0.05) is 12.6 Å². The highest BCUT2D eigenvalue weighted by atomic mass is 16.2. The average Bonchev–Trinajstić information content (AvgIpc) is 2.35. The fourth-order valence-corrected chi connectivity index (χ4v) is 3.47. The number of likely N-dealkylation sites (tertiary alicyclic amines) is 1. The number of carbonyl (C=O) groups excluding carboxylic acids is 1. The number of hydrogen-bond acceptors (Lipinski definition) is 1. The van der Waals surface area contributed by atoms with Crippen LogP contribution in [-0.4, -0.2) is 23.4 Å². The molecule has 1 amide bonds. The van der Waals surface area contributed by atoms with E-state index in [1.807, 2.05) is 0 Å². The van der Waals surface area contributed by atoms with Gasteiger partial charge >= 0.3 is 0 Å². The smallest absolute Gasteiger partial charge is 0.230 e. The molecule has 98 valence electrons. The third-order valence-electron chi connectivity index (χ3n) is 5.04. The third-order valence-corrected chi connectivity index (χ3v) is 5.04. The minimum absolute atomic E-state index is 0.0758. The Balaban J connectivity index is 1.83. The summed E-state index contributed by atoms with van der Waals surface area (Å²) in [7, 11) is 0. The summed E-state index contributed by atoms with van der Waals surface area (Å²) in [5.74, 6) is 2.14. The molecular formula is C15H27NO. The topological polar surface area (TPSA) is 20.3 Å². The number of rotatable bonds is 3. The number of carbonyl (C=O) groups is 1. The van der Waals surface area contributed by atoms with Gasteiger partial charge in [0.05, 0.1) is 5.41 Å². The van der Waals surface area contributed by atoms with Crippen molar-refractivity contribution >= 4 is 5.91 Å². The molecule has 1 heterocycles. The van der Waals surface area contributed by atoms with Crippen LogP contribution in [0.1, 0.15) is 59.8 Å². The highest BCUT2D eigenvalue weighted by Gasteiger charge is 2.47. The van der Waals surface area contributed by atoms with E-state index in [-0.39, 0.29) is 5.41 Å². The zero-order valence-electron chi connectivity index (χ0n) is 11.8. The van der Waals surface area contributed by atoms with Gasteiger partial charge < -0.3 is 4.90 Å². The number of amides is 1. The van der Waals surface area contributed by atoms with E-state index in [0.29, 0.717) is 11.9 Å². The first kappa shape index (κ1) is 12.9. The van der Waals surface area contributed by atoms with Crippen molar-refractivity contribution in [2.24, 2.45) is 17.3 Å². The summed E-state index contributed by atoms with van der Waals surface area (Å²) in [6.07, 6.45) is 6.41. The molecule has 1 aliphatic carbocycles. The van der Waals surface area contributed by atoms with Crippen molar-refractivity contribution in [3.63, 3.8) is 0 Å². The zero-order chi connectivity index (χ0) is 12.6. The first-order valence-electron chi connectivity index (χ1n) is 7.26. The van der Waals surface area contributed by atoms with Gasteiger partial charge in [-0.25, -0.2) is 0 Å². The molecule has 2 fully saturated rings. The van der Waals surface area contributed by atoms with Crippen molar-refractivity contribution in [2.45, 2.75) is 65.8 Å². The van der Waals surface area contributed by atoms with E-state index in [1.54, 1.807) is 0 Å². The van der Waals surface area contributed by atoms with Crippen molar-refractivity contribution in [3.8, 4) is 0 Å². The maximum atomic E-state index is 12.0. The maximum Gasteiger partial charge on any atom is 0.230 e. The zero-order valence-corrected chi connectivity index (χ0v) is 11.8. The van der Waals surface area contributed by atoms with Gasteiger partial charge in [0.15, 0.2) is 0 Å². The lowest BCUT2D eigenvalue weighted by Crippen LogP contribution is -2.62. The van der Waals surface area contributed by atoms with Gasteiger partial charge in [0.2, 0.25) is 5.91 Å². The molecule has 2 rings (SSSR count). The summed E-state index contributed by atoms with van der Waals surface area (Å²) in [5.41, 5.74) is -0.0758. The Labute approximate surface area is 106 Å². The second-order valence-corrected chi connectivity index (χ2v) is 6.77. The molecule has 2 nitrogen and oxygen atoms in total. The molecule has 0 radical (unpaired) electrons. The molecule has 2 aliphatic rings. The fraction of sp³-hybridized carbons (Fsp3) is 0.933. The van der Waals surface area contributed by atoms with E-state index >= 15 is 0 Å². The highest BCUT2D eigenvalue weighted by molar-refractivity contribution is 5.88. The Morgan fingerprint density at radius 1 is 1.29 bits per heavy atom. The van der Waals surface area contributed by atoms with Crippen molar-refractivity contribution in [2.75, 3.05) is 6.54 Å². The summed E-state index contributed by atoms with van der Waals surface area (Å²) in [4.78, 5) is 14.1. The predicted octanol–water partition coefficient (Wildman–Crippen LogP) is 3.46. The standard InChI is InChI=1S/C15H27NO/c1-5-11(2)12-6-8-13(9-7-12)16-10-15(3,4)14(16)17/h11-13H,5-10H2,1-4H3/t11?,12-,13-. The Hall–Kier alpha value is -0.530. The van der Waals surface area contributed by atoms with E-state index in [2.05, 4.69) is 32.6 Å². The molecule has 0 aromatic rings. The first-order chi connectivity index (χ1) is 7.95. The minimum atomic E-state index is -0.0758. The van der Waals surface area contributed by atoms with Crippen molar-refractivity contribution in [1.29, 1.82) is 0 Å². The van der Waals surface area contributed by atoms with Crippen molar-refractivity contribution in [3.05, 3.63) is 0 Å². The fourth-order valence-electron chi connectivity index (χ4n) is 3.47. The second-order valence-electron chi connectivity index (χ2n) is 6.77. The van der Waals surface area contributed by atoms with Crippen LogP contribution in [0, 0.1) is 17.3 Å². The largest absolute Gasteiger partial charge is 0.338 e. The first-order valence-corrected chi connectivity index (χ1v) is 7.26. The lowest BCUT2D eigenvalue weighted by atomic mass is 9.74. The number of hydrogen-bond donors (Lipinski definition) is 0. The van der Waals surface area contributed by atoms with E-state index in [9.17, 15) is 4.79 Å². The summed E-state index contributed by atoms with van der Waals surface area (Å²) >= 11 is 0. The molecule has 0 aromatic carbocycles. The van der Waals surface area contributed by atoms with Crippen molar-refractivity contribution in [1.82, 2.24) is 4.90 Å². The average molecular weight is 237 g/mol. The Kier molecular flexibility index (Phi) is 3.51. The molecule has 17 heavy (non-hydrogen) atoms. The molecule has 1 unspecified atom stereocenters. The molecule has 1 saturated carbocycles. The van der Waals surface area contributed by atoms with Crippen LogP contribution in [0.3, 0.4) is 0 Å². The summed E-state index contributed by atoms with van der Waals surface area (Å²) in [5, 5.41) is 0. The van der Waals surface area contributed by atoms with E-state index < -0.39 is 0 Å². The van der Waals surface area contributed by atoms with Crippen LogP contribution in [0.4, 0.5) is 0 Å². The highest BCUT2D eigenvalue weighted by Crippen LogP contribution is 2.39. The molecule has 0 bridgehead atoms. The van der Waals surface area contributed by atoms with Crippen molar-refractivity contribution < 1.29 is 4.79 Å². The van der Waals surface area contributed by atoms with Gasteiger partial charge in [0.1, 0.15) is 0 Å². The minimum Gasteiger partial charge on any atom is -0.338 e. The molecule has 1 atom stereocenters. The molecule has 0 spiro atoms. The normalized spacial score (nSPS) is 34.4. The Bertz CT molecular complexity index is 289. The van der Waals surface area contributed by atoms with Crippen LogP contribution in [0.15, 0.2) is 0 Å². The van der Waals surface area contributed by atoms with Crippen LogP contribution in [-0.2, 0) is 4.79 Å². The molecule has 0 N–H and O–H groups in total. The van der Waals surface area contributed by atoms with Gasteiger partial charge in [-0.1, -0.05) is 20.3 Å². The molecular weight excluding hydrogens is 210 g/mol. The molecule has 1 aliphatic heterocycles. The molecule has 1 saturated heterocycles. The Morgan fingerprint density at radius 2 is 1.88 bits per heavy atom. The van der Waals surface area contributed by atoms with Crippen LogP contribution in [0.25, 0.3) is 0 Å². The monoisotopic (exact) mass is 237 g/mol. The molecule has 2 heteroatoms. The van der Waals surface area contributed by atoms with Gasteiger partial charge in [-0.2, -0.15) is 0 Å². The van der Waals surface area contributed by atoms with Gasteiger partial charge in [0.25, 0.3) is 0 Å². The van der Waals surface area contributed by atoms with E-state index in [0.717, 1.165) is 18.4 Å². The summed E-state index contributed by atoms with van der Waals surface area (Å²) in [6, 6.07) is 0.552. The summed E-state index contributed by atoms with van der Waals surface area (Å²) in [6.45, 7) is 9.78. The molecule has 0 aromatic heterocycles. The lowest BCUT2D eigenvalue weighted by molar-refractivity contribution is -0.162. The lowest BCUT2D eigenvalue weighted by Gasteiger charge is -2.50.